The molecule has 0 unspecified atom stereocenters. The van der Waals surface area contributed by atoms with E-state index >= 15 is 0 Å². The van der Waals surface area contributed by atoms with Crippen molar-refractivity contribution < 1.29 is 5.11 Å². The van der Waals surface area contributed by atoms with Gasteiger partial charge in [-0.15, -0.1) is 11.3 Å². The van der Waals surface area contributed by atoms with Crippen LogP contribution in [0.2, 0.25) is 0 Å². The molecule has 0 saturated carbocycles. The fourth-order valence-electron chi connectivity index (χ4n) is 1.06. The molecule has 1 aromatic rings. The molecule has 4 heteroatoms. The van der Waals surface area contributed by atoms with Gasteiger partial charge in [-0.05, 0) is 30.8 Å². The first-order chi connectivity index (χ1) is 6.34. The molecule has 0 bridgehead atoms. The highest BCUT2D eigenvalue weighted by Gasteiger charge is 1.98. The number of nitrogens with one attached hydrogen (secondary N) is 1. The summed E-state index contributed by atoms with van der Waals surface area (Å²) in [5.74, 6) is 0. The van der Waals surface area contributed by atoms with Crippen molar-refractivity contribution in [3.05, 3.63) is 16.3 Å². The van der Waals surface area contributed by atoms with Crippen LogP contribution in [0.1, 0.15) is 17.7 Å². The first-order valence-corrected chi connectivity index (χ1v) is 5.36. The molecule has 0 fully saturated rings. The Morgan fingerprint density at radius 3 is 2.92 bits per heavy atom. The topological polar surface area (TPSA) is 58.3 Å². The molecule has 0 aliphatic carbocycles. The summed E-state index contributed by atoms with van der Waals surface area (Å²) in [5.41, 5.74) is 6.59. The minimum atomic E-state index is 0.281. The Morgan fingerprint density at radius 2 is 2.31 bits per heavy atom. The summed E-state index contributed by atoms with van der Waals surface area (Å²) < 4.78 is 0. The fourth-order valence-corrected chi connectivity index (χ4v) is 1.83. The summed E-state index contributed by atoms with van der Waals surface area (Å²) in [4.78, 5) is 1.20. The molecule has 1 rings (SSSR count). The molecule has 74 valence electrons. The van der Waals surface area contributed by atoms with Crippen molar-refractivity contribution in [2.45, 2.75) is 19.4 Å². The first kappa shape index (κ1) is 10.5. The predicted molar refractivity (Wildman–Crippen MR) is 56.8 cm³/mol. The zero-order chi connectivity index (χ0) is 9.52. The van der Waals surface area contributed by atoms with E-state index in [0.717, 1.165) is 31.6 Å². The molecular weight excluding hydrogens is 184 g/mol. The minimum absolute atomic E-state index is 0.281. The number of aliphatic hydroxyl groups excluding tert-OH is 1. The van der Waals surface area contributed by atoms with Gasteiger partial charge in [0.05, 0.1) is 0 Å². The molecule has 0 aliphatic heterocycles. The molecule has 13 heavy (non-hydrogen) atoms. The van der Waals surface area contributed by atoms with Gasteiger partial charge in [-0.1, -0.05) is 0 Å². The van der Waals surface area contributed by atoms with Crippen LogP contribution in [-0.4, -0.2) is 18.3 Å². The number of hydrogen-bond acceptors (Lipinski definition) is 4. The van der Waals surface area contributed by atoms with Crippen molar-refractivity contribution >= 4 is 17.0 Å². The van der Waals surface area contributed by atoms with Crippen LogP contribution in [0, 0.1) is 0 Å². The van der Waals surface area contributed by atoms with Crippen LogP contribution < -0.4 is 11.1 Å². The van der Waals surface area contributed by atoms with Gasteiger partial charge in [0.2, 0.25) is 0 Å². The molecule has 0 saturated heterocycles. The van der Waals surface area contributed by atoms with E-state index < -0.39 is 0 Å². The van der Waals surface area contributed by atoms with Gasteiger partial charge in [-0.2, -0.15) is 0 Å². The lowest BCUT2D eigenvalue weighted by atomic mass is 10.3. The maximum Gasteiger partial charge on any atom is 0.0468 e. The summed E-state index contributed by atoms with van der Waals surface area (Å²) in [6.45, 7) is 2.07. The number of rotatable bonds is 6. The minimum Gasteiger partial charge on any atom is -0.398 e. The lowest BCUT2D eigenvalue weighted by molar-refractivity contribution is 0.283. The summed E-state index contributed by atoms with van der Waals surface area (Å²) in [6.07, 6.45) is 1.88. The van der Waals surface area contributed by atoms with Crippen molar-refractivity contribution in [1.29, 1.82) is 0 Å². The Labute approximate surface area is 82.6 Å². The van der Waals surface area contributed by atoms with E-state index in [1.807, 2.05) is 11.4 Å². The number of hydrogen-bond donors (Lipinski definition) is 3. The van der Waals surface area contributed by atoms with E-state index in [1.165, 1.54) is 4.88 Å². The molecule has 0 spiro atoms. The quantitative estimate of drug-likeness (QED) is 0.605. The summed E-state index contributed by atoms with van der Waals surface area (Å²) in [7, 11) is 0. The molecule has 1 heterocycles. The summed E-state index contributed by atoms with van der Waals surface area (Å²) in [5, 5.41) is 13.8. The van der Waals surface area contributed by atoms with Gasteiger partial charge in [0, 0.05) is 23.7 Å². The van der Waals surface area contributed by atoms with Crippen LogP contribution in [0.4, 0.5) is 5.69 Å². The molecular formula is C9H16N2OS. The number of anilines is 1. The SMILES string of the molecule is Nc1ccsc1CNCCCCO. The summed E-state index contributed by atoms with van der Waals surface area (Å²) in [6, 6.07) is 1.93. The number of unbranched alkanes of at least 4 members (excludes halogenated alkanes) is 1. The van der Waals surface area contributed by atoms with E-state index in [-0.39, 0.29) is 6.61 Å². The first-order valence-electron chi connectivity index (χ1n) is 4.48. The predicted octanol–water partition coefficient (Wildman–Crippen LogP) is 1.19. The normalized spacial score (nSPS) is 10.5. The third-order valence-electron chi connectivity index (χ3n) is 1.83. The van der Waals surface area contributed by atoms with Gasteiger partial charge in [0.1, 0.15) is 0 Å². The molecule has 0 amide bonds. The largest absolute Gasteiger partial charge is 0.398 e. The standard InChI is InChI=1S/C9H16N2OS/c10-8-3-6-13-9(8)7-11-4-1-2-5-12/h3,6,11-12H,1-2,4-5,7,10H2. The fraction of sp³-hybridized carbons (Fsp3) is 0.556. The van der Waals surface area contributed by atoms with Crippen LogP contribution >= 0.6 is 11.3 Å². The van der Waals surface area contributed by atoms with E-state index in [4.69, 9.17) is 10.8 Å². The van der Waals surface area contributed by atoms with Gasteiger partial charge in [0.15, 0.2) is 0 Å². The Balaban J connectivity index is 2.10. The Morgan fingerprint density at radius 1 is 1.46 bits per heavy atom. The third kappa shape index (κ3) is 3.76. The average Bonchev–Trinajstić information content (AvgIpc) is 2.52. The number of nitrogens with two attached hydrogens (primary N) is 1. The Kier molecular flexibility index (Phi) is 4.82. The van der Waals surface area contributed by atoms with Gasteiger partial charge in [0.25, 0.3) is 0 Å². The lowest BCUT2D eigenvalue weighted by Gasteiger charge is -2.02. The van der Waals surface area contributed by atoms with Crippen molar-refractivity contribution in [1.82, 2.24) is 5.32 Å². The van der Waals surface area contributed by atoms with Gasteiger partial charge in [-0.3, -0.25) is 0 Å². The molecule has 3 nitrogen and oxygen atoms in total. The molecule has 4 N–H and O–H groups in total. The summed E-state index contributed by atoms with van der Waals surface area (Å²) >= 11 is 1.68. The zero-order valence-electron chi connectivity index (χ0n) is 7.62. The maximum atomic E-state index is 8.55. The van der Waals surface area contributed by atoms with Crippen molar-refractivity contribution in [3.63, 3.8) is 0 Å². The van der Waals surface area contributed by atoms with Gasteiger partial charge < -0.3 is 16.2 Å². The van der Waals surface area contributed by atoms with Gasteiger partial charge in [-0.25, -0.2) is 0 Å². The number of aliphatic hydroxyl groups is 1. The van der Waals surface area contributed by atoms with E-state index in [0.29, 0.717) is 0 Å². The molecule has 0 radical (unpaired) electrons. The molecule has 0 aromatic carbocycles. The zero-order valence-corrected chi connectivity index (χ0v) is 8.44. The van der Waals surface area contributed by atoms with Crippen LogP contribution in [0.3, 0.4) is 0 Å². The highest BCUT2D eigenvalue weighted by molar-refractivity contribution is 7.10. The smallest absolute Gasteiger partial charge is 0.0468 e. The number of thiophene rings is 1. The van der Waals surface area contributed by atoms with Crippen LogP contribution in [-0.2, 0) is 6.54 Å². The van der Waals surface area contributed by atoms with Crippen LogP contribution in [0.25, 0.3) is 0 Å². The highest BCUT2D eigenvalue weighted by atomic mass is 32.1. The monoisotopic (exact) mass is 200 g/mol. The van der Waals surface area contributed by atoms with E-state index in [9.17, 15) is 0 Å². The van der Waals surface area contributed by atoms with Crippen molar-refractivity contribution in [2.75, 3.05) is 18.9 Å². The Hall–Kier alpha value is -0.580. The third-order valence-corrected chi connectivity index (χ3v) is 2.76. The molecule has 0 atom stereocenters. The van der Waals surface area contributed by atoms with E-state index in [1.54, 1.807) is 11.3 Å². The second-order valence-electron chi connectivity index (χ2n) is 2.91. The van der Waals surface area contributed by atoms with Crippen molar-refractivity contribution in [3.8, 4) is 0 Å². The lowest BCUT2D eigenvalue weighted by Crippen LogP contribution is -2.14. The van der Waals surface area contributed by atoms with Gasteiger partial charge >= 0.3 is 0 Å². The average molecular weight is 200 g/mol. The molecule has 0 aliphatic rings. The second-order valence-corrected chi connectivity index (χ2v) is 3.91. The highest BCUT2D eigenvalue weighted by Crippen LogP contribution is 2.17. The van der Waals surface area contributed by atoms with E-state index in [2.05, 4.69) is 5.32 Å². The number of nitrogen functional groups attached to an aromatic ring is 1. The maximum absolute atomic E-state index is 8.55. The van der Waals surface area contributed by atoms with Crippen LogP contribution in [0.5, 0.6) is 0 Å². The van der Waals surface area contributed by atoms with Crippen LogP contribution in [0.15, 0.2) is 11.4 Å². The second kappa shape index (κ2) is 5.96. The molecule has 1 aromatic heterocycles. The Bertz CT molecular complexity index is 237. The van der Waals surface area contributed by atoms with Crippen molar-refractivity contribution in [2.24, 2.45) is 0 Å².